The Balaban J connectivity index is 1.31. The van der Waals surface area contributed by atoms with Crippen molar-refractivity contribution in [2.45, 2.75) is 26.2 Å². The molecular weight excluding hydrogens is 426 g/mol. The fraction of sp³-hybridized carbons (Fsp3) is 0.625. The Morgan fingerprint density at radius 1 is 0.939 bits per heavy atom. The molecule has 33 heavy (non-hydrogen) atoms. The summed E-state index contributed by atoms with van der Waals surface area (Å²) in [6.45, 7) is 5.50. The molecule has 0 radical (unpaired) electrons. The first-order valence-corrected chi connectivity index (χ1v) is 11.6. The van der Waals surface area contributed by atoms with Crippen LogP contribution in [0.15, 0.2) is 18.2 Å². The molecule has 0 aromatic heterocycles. The van der Waals surface area contributed by atoms with Gasteiger partial charge in [-0.1, -0.05) is 6.07 Å². The molecule has 9 nitrogen and oxygen atoms in total. The highest BCUT2D eigenvalue weighted by Crippen LogP contribution is 2.60. The molecule has 0 N–H and O–H groups in total. The molecule has 1 unspecified atom stereocenters. The first-order chi connectivity index (χ1) is 15.9. The van der Waals surface area contributed by atoms with Crippen molar-refractivity contribution in [1.82, 2.24) is 14.7 Å². The number of hydrogen-bond acceptors (Lipinski definition) is 6. The monoisotopic (exact) mass is 459 g/mol. The van der Waals surface area contributed by atoms with Gasteiger partial charge in [-0.15, -0.1) is 0 Å². The lowest BCUT2D eigenvalue weighted by Gasteiger charge is -2.36. The summed E-state index contributed by atoms with van der Waals surface area (Å²) in [4.78, 5) is 43.5. The Bertz CT molecular complexity index is 903. The number of piperazine rings is 1. The van der Waals surface area contributed by atoms with Gasteiger partial charge in [0, 0.05) is 45.2 Å². The van der Waals surface area contributed by atoms with Gasteiger partial charge < -0.3 is 28.9 Å². The first-order valence-electron chi connectivity index (χ1n) is 11.6. The van der Waals surface area contributed by atoms with Crippen LogP contribution in [-0.2, 0) is 9.53 Å². The second-order valence-corrected chi connectivity index (χ2v) is 8.96. The maximum Gasteiger partial charge on any atom is 0.409 e. The van der Waals surface area contributed by atoms with Crippen molar-refractivity contribution >= 4 is 17.9 Å². The normalized spacial score (nSPS) is 21.5. The molecule has 3 aliphatic rings. The summed E-state index contributed by atoms with van der Waals surface area (Å²) in [7, 11) is 3.09. The van der Waals surface area contributed by atoms with Crippen molar-refractivity contribution in [3.8, 4) is 11.5 Å². The fourth-order valence-electron chi connectivity index (χ4n) is 5.18. The summed E-state index contributed by atoms with van der Waals surface area (Å²) in [5.74, 6) is 1.13. The predicted octanol–water partition coefficient (Wildman–Crippen LogP) is 2.25. The summed E-state index contributed by atoms with van der Waals surface area (Å²) in [6, 6.07) is 5.32. The molecular formula is C24H33N3O6. The van der Waals surface area contributed by atoms with E-state index in [-0.39, 0.29) is 29.2 Å². The van der Waals surface area contributed by atoms with Crippen molar-refractivity contribution in [2.24, 2.45) is 11.3 Å². The lowest BCUT2D eigenvalue weighted by molar-refractivity contribution is -0.135. The molecule has 1 saturated carbocycles. The van der Waals surface area contributed by atoms with Crippen molar-refractivity contribution < 1.29 is 28.6 Å². The standard InChI is InChI=1S/C24H33N3O6/c1-4-33-23(30)27-14-12-26(13-15-27)22(29)18-16-24(18)8-10-25(11-9-24)21(28)17-6-5-7-19(31-2)20(17)32-3/h5-7,18H,4,8-16H2,1-3H3. The summed E-state index contributed by atoms with van der Waals surface area (Å²) < 4.78 is 15.8. The van der Waals surface area contributed by atoms with Crippen molar-refractivity contribution in [3.63, 3.8) is 0 Å². The van der Waals surface area contributed by atoms with Gasteiger partial charge in [0.1, 0.15) is 0 Å². The number of nitrogens with zero attached hydrogens (tertiary/aromatic N) is 3. The highest BCUT2D eigenvalue weighted by atomic mass is 16.6. The molecule has 4 rings (SSSR count). The van der Waals surface area contributed by atoms with Gasteiger partial charge in [0.15, 0.2) is 11.5 Å². The van der Waals surface area contributed by atoms with Gasteiger partial charge in [-0.05, 0) is 43.7 Å². The lowest BCUT2D eigenvalue weighted by atomic mass is 9.90. The number of methoxy groups -OCH3 is 2. The Morgan fingerprint density at radius 3 is 2.21 bits per heavy atom. The summed E-state index contributed by atoms with van der Waals surface area (Å²) in [5.41, 5.74) is 0.501. The van der Waals surface area contributed by atoms with E-state index >= 15 is 0 Å². The second kappa shape index (κ2) is 9.49. The molecule has 2 heterocycles. The molecule has 1 aromatic rings. The number of piperidine rings is 1. The minimum absolute atomic E-state index is 0.00457. The van der Waals surface area contributed by atoms with Crippen LogP contribution in [0.25, 0.3) is 0 Å². The smallest absolute Gasteiger partial charge is 0.409 e. The zero-order chi connectivity index (χ0) is 23.6. The highest BCUT2D eigenvalue weighted by molar-refractivity contribution is 5.98. The van der Waals surface area contributed by atoms with Gasteiger partial charge in [-0.2, -0.15) is 0 Å². The van der Waals surface area contributed by atoms with E-state index in [1.807, 2.05) is 9.80 Å². The van der Waals surface area contributed by atoms with Crippen LogP contribution in [0.3, 0.4) is 0 Å². The van der Waals surface area contributed by atoms with Gasteiger partial charge >= 0.3 is 6.09 Å². The molecule has 180 valence electrons. The van der Waals surface area contributed by atoms with Crippen molar-refractivity contribution in [3.05, 3.63) is 23.8 Å². The number of carbonyl (C=O) groups excluding carboxylic acids is 3. The van der Waals surface area contributed by atoms with E-state index in [1.54, 1.807) is 37.1 Å². The number of rotatable bonds is 5. The van der Waals surface area contributed by atoms with Crippen LogP contribution < -0.4 is 9.47 Å². The van der Waals surface area contributed by atoms with Crippen LogP contribution in [0.2, 0.25) is 0 Å². The Kier molecular flexibility index (Phi) is 6.67. The third-order valence-electron chi connectivity index (χ3n) is 7.28. The molecule has 9 heteroatoms. The van der Waals surface area contributed by atoms with Crippen LogP contribution in [-0.4, -0.2) is 92.7 Å². The lowest BCUT2D eigenvalue weighted by Crippen LogP contribution is -2.51. The maximum absolute atomic E-state index is 13.1. The number of carbonyl (C=O) groups is 3. The number of para-hydroxylation sites is 1. The van der Waals surface area contributed by atoms with E-state index in [2.05, 4.69) is 0 Å². The molecule has 1 atom stereocenters. The minimum atomic E-state index is -0.308. The number of benzene rings is 1. The van der Waals surface area contributed by atoms with Gasteiger partial charge in [0.05, 0.1) is 26.4 Å². The zero-order valence-corrected chi connectivity index (χ0v) is 19.7. The molecule has 1 aliphatic carbocycles. The van der Waals surface area contributed by atoms with Crippen LogP contribution in [0, 0.1) is 11.3 Å². The van der Waals surface area contributed by atoms with Crippen LogP contribution in [0.5, 0.6) is 11.5 Å². The van der Waals surface area contributed by atoms with Crippen molar-refractivity contribution in [2.75, 3.05) is 60.1 Å². The molecule has 3 fully saturated rings. The fourth-order valence-corrected chi connectivity index (χ4v) is 5.18. The molecule has 2 aliphatic heterocycles. The topological polar surface area (TPSA) is 88.6 Å². The first kappa shape index (κ1) is 23.2. The molecule has 1 aromatic carbocycles. The summed E-state index contributed by atoms with van der Waals surface area (Å²) >= 11 is 0. The molecule has 2 saturated heterocycles. The average Bonchev–Trinajstić information content (AvgIpc) is 3.56. The third-order valence-corrected chi connectivity index (χ3v) is 7.28. The van der Waals surface area contributed by atoms with E-state index in [9.17, 15) is 14.4 Å². The number of hydrogen-bond donors (Lipinski definition) is 0. The summed E-state index contributed by atoms with van der Waals surface area (Å²) in [6.07, 6.45) is 2.22. The molecule has 3 amide bonds. The molecule has 1 spiro atoms. The number of amides is 3. The van der Waals surface area contributed by atoms with Crippen LogP contribution in [0.1, 0.15) is 36.5 Å². The van der Waals surface area contributed by atoms with E-state index in [1.165, 1.54) is 7.11 Å². The number of likely N-dealkylation sites (tertiary alicyclic amines) is 1. The Morgan fingerprint density at radius 2 is 1.61 bits per heavy atom. The minimum Gasteiger partial charge on any atom is -0.493 e. The van der Waals surface area contributed by atoms with E-state index in [0.29, 0.717) is 62.9 Å². The predicted molar refractivity (Wildman–Crippen MR) is 120 cm³/mol. The van der Waals surface area contributed by atoms with E-state index in [0.717, 1.165) is 19.3 Å². The zero-order valence-electron chi connectivity index (χ0n) is 19.7. The van der Waals surface area contributed by atoms with E-state index < -0.39 is 0 Å². The molecule has 0 bridgehead atoms. The third kappa shape index (κ3) is 4.45. The largest absolute Gasteiger partial charge is 0.493 e. The van der Waals surface area contributed by atoms with Crippen LogP contribution >= 0.6 is 0 Å². The van der Waals surface area contributed by atoms with Gasteiger partial charge in [0.2, 0.25) is 5.91 Å². The SMILES string of the molecule is CCOC(=O)N1CCN(C(=O)C2CC23CCN(C(=O)c2cccc(OC)c2OC)CC3)CC1. The average molecular weight is 460 g/mol. The Labute approximate surface area is 194 Å². The maximum atomic E-state index is 13.1. The van der Waals surface area contributed by atoms with Gasteiger partial charge in [-0.25, -0.2) is 4.79 Å². The van der Waals surface area contributed by atoms with E-state index in [4.69, 9.17) is 14.2 Å². The Hall–Kier alpha value is -2.97. The van der Waals surface area contributed by atoms with Crippen LogP contribution in [0.4, 0.5) is 4.79 Å². The second-order valence-electron chi connectivity index (χ2n) is 8.96. The van der Waals surface area contributed by atoms with Crippen molar-refractivity contribution in [1.29, 1.82) is 0 Å². The van der Waals surface area contributed by atoms with Gasteiger partial charge in [-0.3, -0.25) is 9.59 Å². The highest BCUT2D eigenvalue weighted by Gasteiger charge is 2.59. The number of ether oxygens (including phenoxy) is 3. The quantitative estimate of drug-likeness (QED) is 0.671. The van der Waals surface area contributed by atoms with Gasteiger partial charge in [0.25, 0.3) is 5.91 Å². The summed E-state index contributed by atoms with van der Waals surface area (Å²) in [5, 5.41) is 0.